The number of hydrogen-bond acceptors (Lipinski definition) is 3. The number of rotatable bonds is 6. The third-order valence-corrected chi connectivity index (χ3v) is 11.1. The second kappa shape index (κ2) is 13.2. The average molecular weight is 718 g/mol. The molecule has 1 aliphatic carbocycles. The Balaban J connectivity index is 0.996. The molecule has 1 atom stereocenters. The first-order chi connectivity index (χ1) is 27.8. The number of nitrogens with zero attached hydrogens (tertiary/aromatic N) is 5. The smallest absolute Gasteiger partial charge is 0.163 e. The van der Waals surface area contributed by atoms with Gasteiger partial charge >= 0.3 is 0 Å². The lowest BCUT2D eigenvalue weighted by Gasteiger charge is -2.15. The Hall–Kier alpha value is -7.37. The molecule has 1 aliphatic rings. The van der Waals surface area contributed by atoms with E-state index in [4.69, 9.17) is 15.0 Å². The van der Waals surface area contributed by atoms with Crippen LogP contribution in [0.1, 0.15) is 18.2 Å². The van der Waals surface area contributed by atoms with Crippen molar-refractivity contribution in [3.8, 4) is 45.3 Å². The molecule has 11 rings (SSSR count). The van der Waals surface area contributed by atoms with Gasteiger partial charge in [-0.05, 0) is 78.2 Å². The molecule has 5 nitrogen and oxygen atoms in total. The summed E-state index contributed by atoms with van der Waals surface area (Å²) in [5, 5.41) is 4.87. The number of hydrogen-bond donors (Lipinski definition) is 0. The first-order valence-corrected chi connectivity index (χ1v) is 19.1. The molecule has 264 valence electrons. The van der Waals surface area contributed by atoms with Crippen LogP contribution in [0.5, 0.6) is 0 Å². The minimum atomic E-state index is 0.0760. The van der Waals surface area contributed by atoms with Gasteiger partial charge in [-0.15, -0.1) is 0 Å². The highest BCUT2D eigenvalue weighted by atomic mass is 15.0. The molecule has 0 saturated heterocycles. The summed E-state index contributed by atoms with van der Waals surface area (Å²) >= 11 is 0. The molecule has 0 spiro atoms. The minimum Gasteiger partial charge on any atom is -0.309 e. The SMILES string of the molecule is C1=CCC(c2nc(-c3ccc(-c4cccc(-n5c6ccccc6c6ccccc65)c4)cc3)nc(-c3ccc4c(c3)c3ccccc3n4-c3ccccc3)n2)C=C1. The fraction of sp³-hybridized carbons (Fsp3) is 0.0392. The van der Waals surface area contributed by atoms with Gasteiger partial charge in [-0.25, -0.2) is 15.0 Å². The lowest BCUT2D eigenvalue weighted by Crippen LogP contribution is -2.07. The Bertz CT molecular complexity index is 3110. The second-order valence-electron chi connectivity index (χ2n) is 14.4. The molecule has 0 bridgehead atoms. The summed E-state index contributed by atoms with van der Waals surface area (Å²) in [5.41, 5.74) is 11.2. The van der Waals surface area contributed by atoms with Crippen molar-refractivity contribution >= 4 is 43.6 Å². The highest BCUT2D eigenvalue weighted by Crippen LogP contribution is 2.37. The van der Waals surface area contributed by atoms with Gasteiger partial charge in [0.1, 0.15) is 5.82 Å². The van der Waals surface area contributed by atoms with Crippen LogP contribution in [0.3, 0.4) is 0 Å². The van der Waals surface area contributed by atoms with Gasteiger partial charge in [0, 0.05) is 50.0 Å². The predicted octanol–water partition coefficient (Wildman–Crippen LogP) is 12.7. The first-order valence-electron chi connectivity index (χ1n) is 19.1. The van der Waals surface area contributed by atoms with E-state index in [1.54, 1.807) is 0 Å². The zero-order valence-electron chi connectivity index (χ0n) is 30.5. The van der Waals surface area contributed by atoms with E-state index in [9.17, 15) is 0 Å². The Kier molecular flexibility index (Phi) is 7.56. The van der Waals surface area contributed by atoms with Gasteiger partial charge in [0.15, 0.2) is 11.6 Å². The molecule has 0 fully saturated rings. The van der Waals surface area contributed by atoms with Crippen molar-refractivity contribution in [2.75, 3.05) is 0 Å². The Morgan fingerprint density at radius 2 is 0.946 bits per heavy atom. The van der Waals surface area contributed by atoms with E-state index in [0.717, 1.165) is 51.4 Å². The monoisotopic (exact) mass is 717 g/mol. The van der Waals surface area contributed by atoms with E-state index in [-0.39, 0.29) is 5.92 Å². The van der Waals surface area contributed by atoms with Crippen molar-refractivity contribution in [2.24, 2.45) is 0 Å². The molecule has 3 aromatic heterocycles. The van der Waals surface area contributed by atoms with Crippen LogP contribution < -0.4 is 0 Å². The molecular formula is C51H35N5. The summed E-state index contributed by atoms with van der Waals surface area (Å²) in [6, 6.07) is 60.4. The first kappa shape index (κ1) is 32.1. The molecule has 0 aliphatic heterocycles. The Morgan fingerprint density at radius 3 is 1.62 bits per heavy atom. The third kappa shape index (κ3) is 5.36. The van der Waals surface area contributed by atoms with Crippen molar-refractivity contribution < 1.29 is 0 Å². The fourth-order valence-corrected chi connectivity index (χ4v) is 8.39. The number of fused-ring (bicyclic) bond motifs is 6. The lowest BCUT2D eigenvalue weighted by molar-refractivity contribution is 0.764. The fourth-order valence-electron chi connectivity index (χ4n) is 8.39. The largest absolute Gasteiger partial charge is 0.309 e. The third-order valence-electron chi connectivity index (χ3n) is 11.1. The lowest BCUT2D eigenvalue weighted by atomic mass is 9.99. The van der Waals surface area contributed by atoms with Crippen molar-refractivity contribution in [2.45, 2.75) is 12.3 Å². The molecule has 3 heterocycles. The van der Waals surface area contributed by atoms with Crippen LogP contribution in [0, 0.1) is 0 Å². The van der Waals surface area contributed by atoms with Gasteiger partial charge in [-0.1, -0.05) is 133 Å². The zero-order valence-corrected chi connectivity index (χ0v) is 30.5. The molecule has 0 amide bonds. The van der Waals surface area contributed by atoms with Gasteiger partial charge in [-0.3, -0.25) is 0 Å². The van der Waals surface area contributed by atoms with Crippen LogP contribution in [0.4, 0.5) is 0 Å². The molecule has 7 aromatic carbocycles. The van der Waals surface area contributed by atoms with Crippen LogP contribution in [-0.2, 0) is 0 Å². The van der Waals surface area contributed by atoms with Gasteiger partial charge in [-0.2, -0.15) is 0 Å². The molecule has 5 heteroatoms. The molecular weight excluding hydrogens is 683 g/mol. The number of benzene rings is 7. The van der Waals surface area contributed by atoms with Crippen LogP contribution >= 0.6 is 0 Å². The quantitative estimate of drug-likeness (QED) is 0.172. The standard InChI is InChI=1S/C51H35N5/c1-3-14-35(15-4-1)49-52-50(54-51(53-49)38-30-31-48-44(33-38)43-22-9-12-25-47(43)55(48)39-17-5-2-6-18-39)36-28-26-34(27-29-36)37-16-13-19-40(32-37)56-45-23-10-7-20-41(45)42-21-8-11-24-46(42)56/h1-14,16-33,35H,15H2. The van der Waals surface area contributed by atoms with E-state index in [0.29, 0.717) is 11.6 Å². The summed E-state index contributed by atoms with van der Waals surface area (Å²) in [6.07, 6.45) is 9.40. The predicted molar refractivity (Wildman–Crippen MR) is 230 cm³/mol. The summed E-state index contributed by atoms with van der Waals surface area (Å²) in [5.74, 6) is 2.20. The maximum atomic E-state index is 5.15. The van der Waals surface area contributed by atoms with E-state index in [1.807, 2.05) is 0 Å². The van der Waals surface area contributed by atoms with E-state index in [2.05, 4.69) is 203 Å². The Morgan fingerprint density at radius 1 is 0.393 bits per heavy atom. The highest BCUT2D eigenvalue weighted by Gasteiger charge is 2.19. The van der Waals surface area contributed by atoms with Crippen LogP contribution in [0.15, 0.2) is 194 Å². The minimum absolute atomic E-state index is 0.0760. The summed E-state index contributed by atoms with van der Waals surface area (Å²) in [4.78, 5) is 15.4. The van der Waals surface area contributed by atoms with Gasteiger partial charge in [0.05, 0.1) is 22.1 Å². The number of para-hydroxylation sites is 4. The maximum Gasteiger partial charge on any atom is 0.163 e. The van der Waals surface area contributed by atoms with Crippen molar-refractivity contribution in [3.05, 3.63) is 200 Å². The summed E-state index contributed by atoms with van der Waals surface area (Å²) < 4.78 is 4.69. The zero-order chi connectivity index (χ0) is 37.0. The Labute approximate surface area is 324 Å². The van der Waals surface area contributed by atoms with Crippen LogP contribution in [0.2, 0.25) is 0 Å². The molecule has 0 radical (unpaired) electrons. The highest BCUT2D eigenvalue weighted by molar-refractivity contribution is 6.11. The van der Waals surface area contributed by atoms with Crippen molar-refractivity contribution in [1.82, 2.24) is 24.1 Å². The number of allylic oxidation sites excluding steroid dienone is 4. The summed E-state index contributed by atoms with van der Waals surface area (Å²) in [6.45, 7) is 0. The van der Waals surface area contributed by atoms with E-state index < -0.39 is 0 Å². The van der Waals surface area contributed by atoms with E-state index in [1.165, 1.54) is 38.1 Å². The van der Waals surface area contributed by atoms with Gasteiger partial charge < -0.3 is 9.13 Å². The molecule has 0 N–H and O–H groups in total. The van der Waals surface area contributed by atoms with Crippen molar-refractivity contribution in [1.29, 1.82) is 0 Å². The van der Waals surface area contributed by atoms with Crippen LogP contribution in [0.25, 0.3) is 88.9 Å². The summed E-state index contributed by atoms with van der Waals surface area (Å²) in [7, 11) is 0. The van der Waals surface area contributed by atoms with Gasteiger partial charge in [0.2, 0.25) is 0 Å². The topological polar surface area (TPSA) is 48.5 Å². The van der Waals surface area contributed by atoms with E-state index >= 15 is 0 Å². The molecule has 56 heavy (non-hydrogen) atoms. The second-order valence-corrected chi connectivity index (χ2v) is 14.4. The van der Waals surface area contributed by atoms with Gasteiger partial charge in [0.25, 0.3) is 0 Å². The molecule has 10 aromatic rings. The molecule has 1 unspecified atom stereocenters. The number of aromatic nitrogens is 5. The molecule has 0 saturated carbocycles. The van der Waals surface area contributed by atoms with Crippen molar-refractivity contribution in [3.63, 3.8) is 0 Å². The van der Waals surface area contributed by atoms with Crippen LogP contribution in [-0.4, -0.2) is 24.1 Å². The average Bonchev–Trinajstić information content (AvgIpc) is 3.80. The normalized spacial score (nSPS) is 14.0. The maximum absolute atomic E-state index is 5.15.